The van der Waals surface area contributed by atoms with Gasteiger partial charge in [0.2, 0.25) is 5.95 Å². The number of hydrogen-bond donors (Lipinski definition) is 2. The number of benzene rings is 2. The number of piperidine rings is 1. The number of fused-ring (bicyclic) bond motifs is 1. The monoisotopic (exact) mass is 443 g/mol. The molecule has 1 amide bonds. The molecule has 0 atom stereocenters. The number of nitrogens with zero attached hydrogens (tertiary/aromatic N) is 3. The largest absolute Gasteiger partial charge is 0.356 e. The predicted octanol–water partition coefficient (Wildman–Crippen LogP) is 5.99. The molecule has 0 bridgehead atoms. The number of rotatable bonds is 5. The minimum absolute atomic E-state index is 0.0971. The second-order valence-electron chi connectivity index (χ2n) is 8.04. The highest BCUT2D eigenvalue weighted by molar-refractivity contribution is 7.20. The first-order valence-corrected chi connectivity index (χ1v) is 11.7. The Kier molecular flexibility index (Phi) is 5.73. The third kappa shape index (κ3) is 4.57. The number of aromatic nitrogens is 2. The maximum absolute atomic E-state index is 12.6. The Morgan fingerprint density at radius 3 is 2.47 bits per heavy atom. The zero-order chi connectivity index (χ0) is 21.9. The van der Waals surface area contributed by atoms with Crippen LogP contribution < -0.4 is 15.5 Å². The molecule has 1 saturated heterocycles. The van der Waals surface area contributed by atoms with Crippen LogP contribution in [0.25, 0.3) is 10.1 Å². The van der Waals surface area contributed by atoms with Crippen molar-refractivity contribution >= 4 is 50.5 Å². The Labute approximate surface area is 191 Å². The normalized spacial score (nSPS) is 13.8. The number of carbonyl (C=O) groups is 1. The maximum atomic E-state index is 12.6. The molecule has 32 heavy (non-hydrogen) atoms. The summed E-state index contributed by atoms with van der Waals surface area (Å²) in [7, 11) is 0. The Morgan fingerprint density at radius 1 is 0.938 bits per heavy atom. The molecule has 1 aliphatic rings. The van der Waals surface area contributed by atoms with Crippen LogP contribution in [0.1, 0.15) is 34.6 Å². The van der Waals surface area contributed by atoms with Crippen LogP contribution in [0.2, 0.25) is 0 Å². The van der Waals surface area contributed by atoms with Gasteiger partial charge < -0.3 is 15.5 Å². The summed E-state index contributed by atoms with van der Waals surface area (Å²) in [5.41, 5.74) is 2.56. The fourth-order valence-corrected chi connectivity index (χ4v) is 4.90. The van der Waals surface area contributed by atoms with Gasteiger partial charge in [0, 0.05) is 40.9 Å². The lowest BCUT2D eigenvalue weighted by atomic mass is 10.1. The van der Waals surface area contributed by atoms with Gasteiger partial charge in [-0.25, -0.2) is 4.98 Å². The first-order valence-electron chi connectivity index (χ1n) is 10.9. The Morgan fingerprint density at radius 2 is 1.69 bits per heavy atom. The fraction of sp³-hybridized carbons (Fsp3) is 0.240. The zero-order valence-electron chi connectivity index (χ0n) is 18.0. The van der Waals surface area contributed by atoms with Crippen LogP contribution in [0.4, 0.5) is 23.1 Å². The Balaban J connectivity index is 1.26. The van der Waals surface area contributed by atoms with Crippen LogP contribution in [-0.2, 0) is 0 Å². The topological polar surface area (TPSA) is 70.2 Å². The quantitative estimate of drug-likeness (QED) is 0.397. The van der Waals surface area contributed by atoms with Gasteiger partial charge >= 0.3 is 0 Å². The predicted molar refractivity (Wildman–Crippen MR) is 132 cm³/mol. The van der Waals surface area contributed by atoms with E-state index in [2.05, 4.69) is 20.5 Å². The summed E-state index contributed by atoms with van der Waals surface area (Å²) < 4.78 is 1.11. The smallest absolute Gasteiger partial charge is 0.265 e. The van der Waals surface area contributed by atoms with Gasteiger partial charge in [-0.2, -0.15) is 4.98 Å². The average Bonchev–Trinajstić information content (AvgIpc) is 3.25. The van der Waals surface area contributed by atoms with E-state index in [-0.39, 0.29) is 5.91 Å². The van der Waals surface area contributed by atoms with E-state index in [1.807, 2.05) is 67.6 Å². The number of hydrogen-bond acceptors (Lipinski definition) is 6. The lowest BCUT2D eigenvalue weighted by molar-refractivity contribution is 0.103. The fourth-order valence-electron chi connectivity index (χ4n) is 3.95. The number of nitrogens with one attached hydrogen (secondary N) is 2. The minimum Gasteiger partial charge on any atom is -0.356 e. The molecule has 162 valence electrons. The van der Waals surface area contributed by atoms with Crippen molar-refractivity contribution in [2.45, 2.75) is 26.2 Å². The van der Waals surface area contributed by atoms with Gasteiger partial charge in [-0.3, -0.25) is 4.79 Å². The van der Waals surface area contributed by atoms with Crippen LogP contribution in [0.3, 0.4) is 0 Å². The van der Waals surface area contributed by atoms with Crippen LogP contribution >= 0.6 is 11.3 Å². The lowest BCUT2D eigenvalue weighted by Crippen LogP contribution is -2.30. The average molecular weight is 444 g/mol. The Hall–Kier alpha value is -3.45. The van der Waals surface area contributed by atoms with Crippen LogP contribution in [0.5, 0.6) is 0 Å². The summed E-state index contributed by atoms with van der Waals surface area (Å²) in [6, 6.07) is 19.6. The molecule has 2 aromatic heterocycles. The van der Waals surface area contributed by atoms with Crippen molar-refractivity contribution in [3.63, 3.8) is 0 Å². The molecule has 2 N–H and O–H groups in total. The summed E-state index contributed by atoms with van der Waals surface area (Å²) in [5.74, 6) is 1.47. The van der Waals surface area contributed by atoms with E-state index < -0.39 is 0 Å². The van der Waals surface area contributed by atoms with Gasteiger partial charge in [0.25, 0.3) is 5.91 Å². The van der Waals surface area contributed by atoms with Gasteiger partial charge in [0.05, 0.1) is 4.88 Å². The summed E-state index contributed by atoms with van der Waals surface area (Å²) in [6.07, 6.45) is 3.71. The van der Waals surface area contributed by atoms with E-state index in [1.165, 1.54) is 30.6 Å². The summed E-state index contributed by atoms with van der Waals surface area (Å²) in [4.78, 5) is 24.9. The summed E-state index contributed by atoms with van der Waals surface area (Å²) in [5, 5.41) is 7.36. The molecule has 0 unspecified atom stereocenters. The second kappa shape index (κ2) is 8.96. The van der Waals surface area contributed by atoms with Crippen molar-refractivity contribution in [1.29, 1.82) is 0 Å². The highest BCUT2D eigenvalue weighted by Crippen LogP contribution is 2.27. The number of anilines is 4. The molecule has 2 aromatic carbocycles. The van der Waals surface area contributed by atoms with Crippen LogP contribution in [0.15, 0.2) is 60.7 Å². The van der Waals surface area contributed by atoms with E-state index in [4.69, 9.17) is 4.98 Å². The number of amides is 1. The molecular weight excluding hydrogens is 418 g/mol. The molecule has 6 nitrogen and oxygen atoms in total. The lowest BCUT2D eigenvalue weighted by Gasteiger charge is -2.28. The molecule has 0 aliphatic carbocycles. The molecule has 3 heterocycles. The molecule has 4 aromatic rings. The van der Waals surface area contributed by atoms with Crippen molar-refractivity contribution in [2.75, 3.05) is 28.6 Å². The highest BCUT2D eigenvalue weighted by atomic mass is 32.1. The molecule has 1 fully saturated rings. The van der Waals surface area contributed by atoms with E-state index in [9.17, 15) is 4.79 Å². The van der Waals surface area contributed by atoms with Gasteiger partial charge in [-0.15, -0.1) is 11.3 Å². The maximum Gasteiger partial charge on any atom is 0.265 e. The highest BCUT2D eigenvalue weighted by Gasteiger charge is 2.14. The summed E-state index contributed by atoms with van der Waals surface area (Å²) >= 11 is 1.50. The van der Waals surface area contributed by atoms with Crippen LogP contribution in [0, 0.1) is 6.92 Å². The molecule has 5 rings (SSSR count). The van der Waals surface area contributed by atoms with E-state index in [0.717, 1.165) is 46.1 Å². The first kappa shape index (κ1) is 20.5. The first-order chi connectivity index (χ1) is 15.6. The number of carbonyl (C=O) groups excluding carboxylic acids is 1. The van der Waals surface area contributed by atoms with Gasteiger partial charge in [-0.05, 0) is 68.0 Å². The van der Waals surface area contributed by atoms with Crippen molar-refractivity contribution in [1.82, 2.24) is 9.97 Å². The van der Waals surface area contributed by atoms with E-state index >= 15 is 0 Å². The van der Waals surface area contributed by atoms with E-state index in [1.54, 1.807) is 0 Å². The second-order valence-corrected chi connectivity index (χ2v) is 9.13. The van der Waals surface area contributed by atoms with Gasteiger partial charge in [0.15, 0.2) is 0 Å². The van der Waals surface area contributed by atoms with E-state index in [0.29, 0.717) is 10.8 Å². The molecule has 7 heteroatoms. The Bertz CT molecular complexity index is 1210. The molecular formula is C25H25N5OS. The van der Waals surface area contributed by atoms with Crippen LogP contribution in [-0.4, -0.2) is 29.0 Å². The van der Waals surface area contributed by atoms with Gasteiger partial charge in [0.1, 0.15) is 5.82 Å². The third-order valence-electron chi connectivity index (χ3n) is 5.57. The molecule has 0 saturated carbocycles. The van der Waals surface area contributed by atoms with Crippen molar-refractivity contribution in [3.05, 3.63) is 71.2 Å². The molecule has 1 aliphatic heterocycles. The standard InChI is InChI=1S/C25H25N5OS/c1-17-15-23(30-13-5-2-6-14-30)29-25(26-17)28-20-11-9-19(10-12-20)27-24(31)22-16-18-7-3-4-8-21(18)32-22/h3-4,7-12,15-16H,2,5-6,13-14H2,1H3,(H,27,31)(H,26,28,29). The molecule has 0 spiro atoms. The number of aryl methyl sites for hydroxylation is 1. The minimum atomic E-state index is -0.0971. The summed E-state index contributed by atoms with van der Waals surface area (Å²) in [6.45, 7) is 4.08. The SMILES string of the molecule is Cc1cc(N2CCCCC2)nc(Nc2ccc(NC(=O)c3cc4ccccc4s3)cc2)n1. The van der Waals surface area contributed by atoms with Gasteiger partial charge in [-0.1, -0.05) is 18.2 Å². The molecule has 0 radical (unpaired) electrons. The van der Waals surface area contributed by atoms with Crippen molar-refractivity contribution < 1.29 is 4.79 Å². The van der Waals surface area contributed by atoms with Crippen molar-refractivity contribution in [3.8, 4) is 0 Å². The third-order valence-corrected chi connectivity index (χ3v) is 6.68. The van der Waals surface area contributed by atoms with Crippen molar-refractivity contribution in [2.24, 2.45) is 0 Å². The number of thiophene rings is 1. The zero-order valence-corrected chi connectivity index (χ0v) is 18.8.